The molecule has 0 aliphatic rings. The predicted molar refractivity (Wildman–Crippen MR) is 62.7 cm³/mol. The summed E-state index contributed by atoms with van der Waals surface area (Å²) in [6, 6.07) is 2.32. The summed E-state index contributed by atoms with van der Waals surface area (Å²) in [6.45, 7) is -1.18. The first-order chi connectivity index (χ1) is 9.42. The molecular weight excluding hydrogens is 278 g/mol. The lowest BCUT2D eigenvalue weighted by Crippen LogP contribution is -2.41. The normalized spacial score (nSPS) is 13.9. The number of aromatic nitrogens is 2. The highest BCUT2D eigenvalue weighted by atomic mass is 19.3. The van der Waals surface area contributed by atoms with E-state index in [9.17, 15) is 17.6 Å². The van der Waals surface area contributed by atoms with Gasteiger partial charge in [0.1, 0.15) is 17.6 Å². The fourth-order valence-electron chi connectivity index (χ4n) is 1.75. The van der Waals surface area contributed by atoms with E-state index in [4.69, 9.17) is 4.42 Å². The highest BCUT2D eigenvalue weighted by molar-refractivity contribution is 5.15. The highest BCUT2D eigenvalue weighted by Crippen LogP contribution is 2.25. The van der Waals surface area contributed by atoms with Crippen molar-refractivity contribution in [1.82, 2.24) is 14.9 Å². The first kappa shape index (κ1) is 14.6. The lowest BCUT2D eigenvalue weighted by atomic mass is 10.2. The lowest BCUT2D eigenvalue weighted by molar-refractivity contribution is -0.126. The number of hydrogen-bond acceptors (Lipinski definition) is 3. The van der Waals surface area contributed by atoms with Crippen LogP contribution in [0.4, 0.5) is 17.6 Å². The number of hydrogen-bond donors (Lipinski definition) is 1. The van der Waals surface area contributed by atoms with Gasteiger partial charge < -0.3 is 8.98 Å². The van der Waals surface area contributed by atoms with E-state index in [1.165, 1.54) is 12.5 Å². The minimum atomic E-state index is -4.12. The van der Waals surface area contributed by atoms with Crippen LogP contribution in [-0.4, -0.2) is 28.4 Å². The third kappa shape index (κ3) is 3.01. The third-order valence-electron chi connectivity index (χ3n) is 2.81. The van der Waals surface area contributed by atoms with Gasteiger partial charge in [0.05, 0.1) is 12.8 Å². The van der Waals surface area contributed by atoms with Crippen LogP contribution in [0.5, 0.6) is 0 Å². The molecule has 2 rings (SSSR count). The second kappa shape index (κ2) is 5.66. The number of nitrogens with zero attached hydrogens (tertiary/aromatic N) is 2. The topological polar surface area (TPSA) is 43.0 Å². The Morgan fingerprint density at radius 3 is 2.70 bits per heavy atom. The second-order valence-electron chi connectivity index (χ2n) is 4.29. The zero-order valence-corrected chi connectivity index (χ0v) is 10.6. The number of nitrogens with one attached hydrogen (secondary N) is 1. The summed E-state index contributed by atoms with van der Waals surface area (Å²) in [5.74, 6) is -3.40. The molecule has 8 heteroatoms. The predicted octanol–water partition coefficient (Wildman–Crippen LogP) is 2.59. The molecule has 4 nitrogen and oxygen atoms in total. The molecule has 0 amide bonds. The van der Waals surface area contributed by atoms with E-state index in [2.05, 4.69) is 10.3 Å². The van der Waals surface area contributed by atoms with Gasteiger partial charge in [0.15, 0.2) is 0 Å². The molecule has 1 N–H and O–H groups in total. The molecular formula is C12H13F4N3O. The van der Waals surface area contributed by atoms with Gasteiger partial charge in [-0.15, -0.1) is 0 Å². The SMILES string of the molecule is Cn1ccnc1C(NCC(F)(F)C(F)F)c1ccco1. The zero-order valence-electron chi connectivity index (χ0n) is 10.6. The van der Waals surface area contributed by atoms with Crippen molar-refractivity contribution in [3.8, 4) is 0 Å². The molecule has 0 spiro atoms. The van der Waals surface area contributed by atoms with Gasteiger partial charge in [0, 0.05) is 19.4 Å². The Morgan fingerprint density at radius 1 is 1.45 bits per heavy atom. The lowest BCUT2D eigenvalue weighted by Gasteiger charge is -2.21. The summed E-state index contributed by atoms with van der Waals surface area (Å²) in [5, 5.41) is 2.38. The molecule has 0 radical (unpaired) electrons. The molecule has 20 heavy (non-hydrogen) atoms. The number of halogens is 4. The first-order valence-corrected chi connectivity index (χ1v) is 5.82. The first-order valence-electron chi connectivity index (χ1n) is 5.82. The van der Waals surface area contributed by atoms with Gasteiger partial charge >= 0.3 is 12.3 Å². The summed E-state index contributed by atoms with van der Waals surface area (Å²) in [6.07, 6.45) is 0.753. The quantitative estimate of drug-likeness (QED) is 0.832. The standard InChI is InChI=1S/C12H13F4N3O/c1-19-5-4-17-10(19)9(8-3-2-6-20-8)18-7-12(15,16)11(13)14/h2-6,9,11,18H,7H2,1H3. The van der Waals surface area contributed by atoms with Gasteiger partial charge in [-0.2, -0.15) is 8.78 Å². The summed E-state index contributed by atoms with van der Waals surface area (Å²) in [4.78, 5) is 4.03. The third-order valence-corrected chi connectivity index (χ3v) is 2.81. The molecule has 0 saturated carbocycles. The maximum Gasteiger partial charge on any atom is 0.319 e. The van der Waals surface area contributed by atoms with Crippen molar-refractivity contribution in [3.63, 3.8) is 0 Å². The summed E-state index contributed by atoms with van der Waals surface area (Å²) >= 11 is 0. The van der Waals surface area contributed by atoms with E-state index in [1.54, 1.807) is 29.9 Å². The average molecular weight is 291 g/mol. The molecule has 1 unspecified atom stereocenters. The monoisotopic (exact) mass is 291 g/mol. The molecule has 0 aliphatic heterocycles. The Balaban J connectivity index is 2.19. The maximum atomic E-state index is 13.0. The number of furan rings is 1. The van der Waals surface area contributed by atoms with Crippen molar-refractivity contribution in [3.05, 3.63) is 42.4 Å². The van der Waals surface area contributed by atoms with E-state index < -0.39 is 24.9 Å². The summed E-state index contributed by atoms with van der Waals surface area (Å²) < 4.78 is 57.2. The molecule has 0 aromatic carbocycles. The van der Waals surface area contributed by atoms with Gasteiger partial charge in [-0.1, -0.05) is 0 Å². The van der Waals surface area contributed by atoms with Gasteiger partial charge in [0.2, 0.25) is 0 Å². The van der Waals surface area contributed by atoms with Gasteiger partial charge in [-0.25, -0.2) is 13.8 Å². The van der Waals surface area contributed by atoms with Crippen LogP contribution in [0.2, 0.25) is 0 Å². The zero-order chi connectivity index (χ0) is 14.8. The van der Waals surface area contributed by atoms with Crippen molar-refractivity contribution >= 4 is 0 Å². The number of alkyl halides is 4. The van der Waals surface area contributed by atoms with Gasteiger partial charge in [-0.05, 0) is 12.1 Å². The fourth-order valence-corrected chi connectivity index (χ4v) is 1.75. The molecule has 110 valence electrons. The van der Waals surface area contributed by atoms with Crippen LogP contribution in [-0.2, 0) is 7.05 Å². The molecule has 0 bridgehead atoms. The highest BCUT2D eigenvalue weighted by Gasteiger charge is 2.41. The van der Waals surface area contributed by atoms with Crippen molar-refractivity contribution in [1.29, 1.82) is 0 Å². The van der Waals surface area contributed by atoms with E-state index in [1.807, 2.05) is 0 Å². The summed E-state index contributed by atoms with van der Waals surface area (Å²) in [5.41, 5.74) is 0. The van der Waals surface area contributed by atoms with Crippen LogP contribution in [0, 0.1) is 0 Å². The van der Waals surface area contributed by atoms with Crippen molar-refractivity contribution in [2.24, 2.45) is 7.05 Å². The molecule has 1 atom stereocenters. The molecule has 0 fully saturated rings. The van der Waals surface area contributed by atoms with Crippen LogP contribution in [0.15, 0.2) is 35.2 Å². The molecule has 0 saturated heterocycles. The average Bonchev–Trinajstić information content (AvgIpc) is 3.02. The van der Waals surface area contributed by atoms with Crippen molar-refractivity contribution in [2.45, 2.75) is 18.4 Å². The van der Waals surface area contributed by atoms with E-state index >= 15 is 0 Å². The Bertz CT molecular complexity index is 539. The van der Waals surface area contributed by atoms with Crippen LogP contribution >= 0.6 is 0 Å². The Labute approximate surface area is 112 Å². The fraction of sp³-hybridized carbons (Fsp3) is 0.417. The maximum absolute atomic E-state index is 13.0. The van der Waals surface area contributed by atoms with E-state index in [0.717, 1.165) is 0 Å². The largest absolute Gasteiger partial charge is 0.467 e. The van der Waals surface area contributed by atoms with E-state index in [-0.39, 0.29) is 0 Å². The summed E-state index contributed by atoms with van der Waals surface area (Å²) in [7, 11) is 1.67. The van der Waals surface area contributed by atoms with Crippen LogP contribution in [0.25, 0.3) is 0 Å². The second-order valence-corrected chi connectivity index (χ2v) is 4.29. The number of aryl methyl sites for hydroxylation is 1. The van der Waals surface area contributed by atoms with Crippen LogP contribution < -0.4 is 5.32 Å². The van der Waals surface area contributed by atoms with Gasteiger partial charge in [0.25, 0.3) is 0 Å². The Kier molecular flexibility index (Phi) is 4.12. The molecule has 2 aromatic rings. The smallest absolute Gasteiger partial charge is 0.319 e. The Morgan fingerprint density at radius 2 is 2.20 bits per heavy atom. The minimum absolute atomic E-state index is 0.323. The van der Waals surface area contributed by atoms with Crippen molar-refractivity contribution in [2.75, 3.05) is 6.54 Å². The molecule has 2 heterocycles. The Hall–Kier alpha value is -1.83. The van der Waals surface area contributed by atoms with Crippen LogP contribution in [0.3, 0.4) is 0 Å². The number of imidazole rings is 1. The van der Waals surface area contributed by atoms with Crippen LogP contribution in [0.1, 0.15) is 17.6 Å². The molecule has 2 aromatic heterocycles. The van der Waals surface area contributed by atoms with Crippen molar-refractivity contribution < 1.29 is 22.0 Å². The molecule has 0 aliphatic carbocycles. The van der Waals surface area contributed by atoms with Gasteiger partial charge in [-0.3, -0.25) is 5.32 Å². The number of rotatable bonds is 6. The minimum Gasteiger partial charge on any atom is -0.467 e. The van der Waals surface area contributed by atoms with E-state index in [0.29, 0.717) is 11.6 Å².